The van der Waals surface area contributed by atoms with Gasteiger partial charge in [-0.25, -0.2) is 0 Å². The number of anilines is 1. The number of benzene rings is 1. The van der Waals surface area contributed by atoms with E-state index in [0.717, 1.165) is 30.2 Å². The molecule has 1 fully saturated rings. The molecule has 3 nitrogen and oxygen atoms in total. The highest BCUT2D eigenvalue weighted by Crippen LogP contribution is 2.35. The van der Waals surface area contributed by atoms with E-state index >= 15 is 0 Å². The monoisotopic (exact) mass is 392 g/mol. The van der Waals surface area contributed by atoms with Gasteiger partial charge in [-0.05, 0) is 32.0 Å². The lowest BCUT2D eigenvalue weighted by Crippen LogP contribution is -2.47. The van der Waals surface area contributed by atoms with Gasteiger partial charge in [0.1, 0.15) is 0 Å². The van der Waals surface area contributed by atoms with Crippen LogP contribution in [0.15, 0.2) is 16.6 Å². The van der Waals surface area contributed by atoms with Gasteiger partial charge in [-0.3, -0.25) is 4.79 Å². The number of halogens is 3. The predicted molar refractivity (Wildman–Crippen MR) is 92.3 cm³/mol. The summed E-state index contributed by atoms with van der Waals surface area (Å²) in [7, 11) is 1.93. The van der Waals surface area contributed by atoms with Crippen LogP contribution in [0, 0.1) is 0 Å². The molecule has 0 saturated heterocycles. The van der Waals surface area contributed by atoms with E-state index in [1.54, 1.807) is 12.1 Å². The summed E-state index contributed by atoms with van der Waals surface area (Å²) in [4.78, 5) is 12.4. The van der Waals surface area contributed by atoms with Gasteiger partial charge in [0.2, 0.25) is 5.91 Å². The van der Waals surface area contributed by atoms with Crippen molar-refractivity contribution in [1.82, 2.24) is 5.32 Å². The fourth-order valence-electron chi connectivity index (χ4n) is 2.90. The summed E-state index contributed by atoms with van der Waals surface area (Å²) in [6, 6.07) is 3.44. The van der Waals surface area contributed by atoms with Crippen LogP contribution in [0.2, 0.25) is 10.0 Å². The van der Waals surface area contributed by atoms with Gasteiger partial charge in [0.25, 0.3) is 0 Å². The van der Waals surface area contributed by atoms with Crippen molar-refractivity contribution in [3.63, 3.8) is 0 Å². The number of hydrogen-bond acceptors (Lipinski definition) is 2. The van der Waals surface area contributed by atoms with Crippen molar-refractivity contribution in [3.8, 4) is 0 Å². The van der Waals surface area contributed by atoms with Gasteiger partial charge in [-0.1, -0.05) is 58.4 Å². The SMILES string of the molecule is CNC1(CC(=O)Nc2c(Cl)cc(Br)cc2Cl)CCCCC1. The Bertz CT molecular complexity index is 507. The van der Waals surface area contributed by atoms with Gasteiger partial charge >= 0.3 is 0 Å². The van der Waals surface area contributed by atoms with E-state index < -0.39 is 0 Å². The quantitative estimate of drug-likeness (QED) is 0.754. The smallest absolute Gasteiger partial charge is 0.226 e. The maximum absolute atomic E-state index is 12.4. The molecular formula is C15H19BrCl2N2O. The molecule has 21 heavy (non-hydrogen) atoms. The van der Waals surface area contributed by atoms with Crippen molar-refractivity contribution in [2.75, 3.05) is 12.4 Å². The zero-order valence-corrected chi connectivity index (χ0v) is 15.0. The van der Waals surface area contributed by atoms with Crippen molar-refractivity contribution in [3.05, 3.63) is 26.7 Å². The van der Waals surface area contributed by atoms with Crippen LogP contribution in [0.3, 0.4) is 0 Å². The number of hydrogen-bond donors (Lipinski definition) is 2. The van der Waals surface area contributed by atoms with Crippen molar-refractivity contribution < 1.29 is 4.79 Å². The summed E-state index contributed by atoms with van der Waals surface area (Å²) in [6.07, 6.45) is 6.06. The topological polar surface area (TPSA) is 41.1 Å². The minimum atomic E-state index is -0.101. The van der Waals surface area contributed by atoms with Gasteiger partial charge < -0.3 is 10.6 Å². The molecule has 6 heteroatoms. The van der Waals surface area contributed by atoms with Crippen LogP contribution in [0.25, 0.3) is 0 Å². The van der Waals surface area contributed by atoms with Crippen LogP contribution < -0.4 is 10.6 Å². The summed E-state index contributed by atoms with van der Waals surface area (Å²) in [5.74, 6) is -0.0580. The standard InChI is InChI=1S/C15H19BrCl2N2O/c1-19-15(5-3-2-4-6-15)9-13(21)20-14-11(17)7-10(16)8-12(14)18/h7-8,19H,2-6,9H2,1H3,(H,20,21). The number of carbonyl (C=O) groups excluding carboxylic acids is 1. The largest absolute Gasteiger partial charge is 0.323 e. The van der Waals surface area contributed by atoms with Gasteiger partial charge in [-0.15, -0.1) is 0 Å². The zero-order valence-electron chi connectivity index (χ0n) is 11.9. The molecule has 0 atom stereocenters. The predicted octanol–water partition coefficient (Wildman–Crippen LogP) is 5.01. The third-order valence-corrected chi connectivity index (χ3v) is 5.17. The Morgan fingerprint density at radius 2 is 1.81 bits per heavy atom. The summed E-state index contributed by atoms with van der Waals surface area (Å²) in [5, 5.41) is 7.06. The van der Waals surface area contributed by atoms with Crippen LogP contribution in [0.5, 0.6) is 0 Å². The Morgan fingerprint density at radius 1 is 1.24 bits per heavy atom. The molecule has 1 aliphatic rings. The summed E-state index contributed by atoms with van der Waals surface area (Å²) >= 11 is 15.6. The van der Waals surface area contributed by atoms with Gasteiger partial charge in [0, 0.05) is 16.4 Å². The van der Waals surface area contributed by atoms with Gasteiger partial charge in [0.05, 0.1) is 15.7 Å². The molecule has 1 aromatic rings. The van der Waals surface area contributed by atoms with Crippen LogP contribution in [0.1, 0.15) is 38.5 Å². The van der Waals surface area contributed by atoms with E-state index in [9.17, 15) is 4.79 Å². The summed E-state index contributed by atoms with van der Waals surface area (Å²) < 4.78 is 0.787. The van der Waals surface area contributed by atoms with E-state index in [1.807, 2.05) is 7.05 Å². The van der Waals surface area contributed by atoms with Crippen molar-refractivity contribution in [2.45, 2.75) is 44.1 Å². The molecule has 0 unspecified atom stereocenters. The summed E-state index contributed by atoms with van der Waals surface area (Å²) in [6.45, 7) is 0. The molecule has 1 saturated carbocycles. The number of nitrogens with one attached hydrogen (secondary N) is 2. The second-order valence-corrected chi connectivity index (χ2v) is 7.29. The molecule has 0 radical (unpaired) electrons. The lowest BCUT2D eigenvalue weighted by atomic mass is 9.79. The fraction of sp³-hybridized carbons (Fsp3) is 0.533. The average molecular weight is 394 g/mol. The van der Waals surface area contributed by atoms with Crippen molar-refractivity contribution >= 4 is 50.7 Å². The Morgan fingerprint density at radius 3 is 2.33 bits per heavy atom. The third-order valence-electron chi connectivity index (χ3n) is 4.11. The first-order chi connectivity index (χ1) is 9.96. The number of amides is 1. The lowest BCUT2D eigenvalue weighted by molar-refractivity contribution is -0.117. The molecule has 1 amide bonds. The second kappa shape index (κ2) is 7.32. The Kier molecular flexibility index (Phi) is 5.95. The lowest BCUT2D eigenvalue weighted by Gasteiger charge is -2.36. The number of rotatable bonds is 4. The zero-order chi connectivity index (χ0) is 15.5. The molecule has 2 rings (SSSR count). The van der Waals surface area contributed by atoms with Crippen LogP contribution >= 0.6 is 39.1 Å². The maximum Gasteiger partial charge on any atom is 0.226 e. The third kappa shape index (κ3) is 4.35. The maximum atomic E-state index is 12.4. The van der Waals surface area contributed by atoms with E-state index in [2.05, 4.69) is 26.6 Å². The van der Waals surface area contributed by atoms with Crippen LogP contribution in [-0.2, 0) is 4.79 Å². The second-order valence-electron chi connectivity index (χ2n) is 5.56. The molecule has 2 N–H and O–H groups in total. The Hall–Kier alpha value is -0.290. The highest BCUT2D eigenvalue weighted by Gasteiger charge is 2.32. The number of carbonyl (C=O) groups is 1. The summed E-state index contributed by atoms with van der Waals surface area (Å²) in [5.41, 5.74) is 0.380. The molecule has 0 aromatic heterocycles. The van der Waals surface area contributed by atoms with E-state index in [-0.39, 0.29) is 11.4 Å². The molecule has 1 aromatic carbocycles. The molecule has 1 aliphatic carbocycles. The van der Waals surface area contributed by atoms with Crippen molar-refractivity contribution in [1.29, 1.82) is 0 Å². The average Bonchev–Trinajstić information content (AvgIpc) is 2.44. The first-order valence-electron chi connectivity index (χ1n) is 7.09. The van der Waals surface area contributed by atoms with E-state index in [0.29, 0.717) is 22.2 Å². The van der Waals surface area contributed by atoms with Gasteiger partial charge in [-0.2, -0.15) is 0 Å². The van der Waals surface area contributed by atoms with E-state index in [4.69, 9.17) is 23.2 Å². The van der Waals surface area contributed by atoms with E-state index in [1.165, 1.54) is 6.42 Å². The highest BCUT2D eigenvalue weighted by atomic mass is 79.9. The molecular weight excluding hydrogens is 375 g/mol. The Balaban J connectivity index is 2.08. The molecule has 0 spiro atoms. The van der Waals surface area contributed by atoms with Crippen molar-refractivity contribution in [2.24, 2.45) is 0 Å². The Labute approximate surface area is 143 Å². The van der Waals surface area contributed by atoms with Crippen LogP contribution in [0.4, 0.5) is 5.69 Å². The molecule has 0 heterocycles. The first kappa shape index (κ1) is 17.1. The molecule has 0 bridgehead atoms. The molecule has 0 aliphatic heterocycles. The fourth-order valence-corrected chi connectivity index (χ4v) is 4.20. The minimum Gasteiger partial charge on any atom is -0.323 e. The first-order valence-corrected chi connectivity index (χ1v) is 8.64. The van der Waals surface area contributed by atoms with Crippen LogP contribution in [-0.4, -0.2) is 18.5 Å². The highest BCUT2D eigenvalue weighted by molar-refractivity contribution is 9.10. The minimum absolute atomic E-state index is 0.0580. The van der Waals surface area contributed by atoms with Gasteiger partial charge in [0.15, 0.2) is 0 Å². The molecule has 116 valence electrons. The normalized spacial score (nSPS) is 17.5.